The van der Waals surface area contributed by atoms with E-state index in [1.54, 1.807) is 4.90 Å². The molecule has 0 saturated carbocycles. The van der Waals surface area contributed by atoms with Crippen molar-refractivity contribution in [2.45, 2.75) is 19.6 Å². The van der Waals surface area contributed by atoms with E-state index in [9.17, 15) is 0 Å². The van der Waals surface area contributed by atoms with E-state index in [2.05, 4.69) is 54.6 Å². The lowest BCUT2D eigenvalue weighted by Gasteiger charge is -2.11. The second-order valence-corrected chi connectivity index (χ2v) is 4.53. The largest absolute Gasteiger partial charge is 1.00 e. The normalized spacial score (nSPS) is 14.1. The van der Waals surface area contributed by atoms with Crippen molar-refractivity contribution >= 4 is 0 Å². The summed E-state index contributed by atoms with van der Waals surface area (Å²) in [6.07, 6.45) is 0. The zero-order valence-electron chi connectivity index (χ0n) is 9.70. The molecule has 2 aromatic rings. The van der Waals surface area contributed by atoms with Crippen LogP contribution in [0.4, 0.5) is 0 Å². The molecule has 0 bridgehead atoms. The van der Waals surface area contributed by atoms with Gasteiger partial charge in [0.2, 0.25) is 0 Å². The van der Waals surface area contributed by atoms with Gasteiger partial charge in [0.25, 0.3) is 0 Å². The molecule has 0 unspecified atom stereocenters. The summed E-state index contributed by atoms with van der Waals surface area (Å²) < 4.78 is 0. The van der Waals surface area contributed by atoms with Crippen LogP contribution in [0, 0.1) is 0 Å². The van der Waals surface area contributed by atoms with Crippen molar-refractivity contribution in [2.75, 3.05) is 0 Å². The maximum absolute atomic E-state index is 2.26. The van der Waals surface area contributed by atoms with Gasteiger partial charge in [0, 0.05) is 16.7 Å². The molecule has 1 heterocycles. The van der Waals surface area contributed by atoms with E-state index < -0.39 is 0 Å². The molecule has 3 rings (SSSR count). The zero-order chi connectivity index (χ0) is 10.8. The summed E-state index contributed by atoms with van der Waals surface area (Å²) in [6, 6.07) is 19.6. The van der Waals surface area contributed by atoms with Crippen molar-refractivity contribution in [1.29, 1.82) is 0 Å². The zero-order valence-corrected chi connectivity index (χ0v) is 11.3. The van der Waals surface area contributed by atoms with Gasteiger partial charge in [-0.2, -0.15) is 0 Å². The Balaban J connectivity index is 0.00000108. The van der Waals surface area contributed by atoms with Gasteiger partial charge in [-0.15, -0.1) is 0 Å². The number of rotatable bonds is 2. The quantitative estimate of drug-likeness (QED) is 0.708. The van der Waals surface area contributed by atoms with Gasteiger partial charge in [0.1, 0.15) is 19.6 Å². The third kappa shape index (κ3) is 2.76. The molecule has 1 aliphatic rings. The summed E-state index contributed by atoms with van der Waals surface area (Å²) in [7, 11) is 0. The molecule has 0 amide bonds. The van der Waals surface area contributed by atoms with Crippen LogP contribution in [-0.4, -0.2) is 0 Å². The molecule has 1 N–H and O–H groups in total. The molecule has 88 valence electrons. The fourth-order valence-corrected chi connectivity index (χ4v) is 2.51. The fraction of sp³-hybridized carbons (Fsp3) is 0.200. The predicted molar refractivity (Wildman–Crippen MR) is 65.0 cm³/mol. The standard InChI is InChI=1S/C15H15N.BrH/c1-2-6-13(7-3-1)10-16-11-14-8-4-5-9-15(14)12-16;/h1-9H,10-12H2;1H. The Hall–Kier alpha value is -1.12. The first-order valence-electron chi connectivity index (χ1n) is 5.86. The van der Waals surface area contributed by atoms with Crippen molar-refractivity contribution in [3.8, 4) is 0 Å². The maximum atomic E-state index is 2.26. The molecule has 0 aliphatic carbocycles. The first-order chi connectivity index (χ1) is 7.92. The summed E-state index contributed by atoms with van der Waals surface area (Å²) in [6.45, 7) is 3.48. The number of nitrogens with one attached hydrogen (secondary N) is 1. The molecule has 1 nitrogen and oxygen atoms in total. The SMILES string of the molecule is [Br-].c1ccc(C[NH+]2Cc3ccccc3C2)cc1. The molecule has 2 heteroatoms. The molecule has 0 atom stereocenters. The van der Waals surface area contributed by atoms with Gasteiger partial charge in [0.15, 0.2) is 0 Å². The third-order valence-electron chi connectivity index (χ3n) is 3.30. The van der Waals surface area contributed by atoms with Crippen LogP contribution in [0.25, 0.3) is 0 Å². The Kier molecular flexibility index (Phi) is 3.97. The van der Waals surface area contributed by atoms with Crippen molar-refractivity contribution in [1.82, 2.24) is 0 Å². The van der Waals surface area contributed by atoms with Crippen LogP contribution < -0.4 is 21.9 Å². The van der Waals surface area contributed by atoms with Crippen LogP contribution in [0.15, 0.2) is 54.6 Å². The molecular weight excluding hydrogens is 274 g/mol. The topological polar surface area (TPSA) is 4.44 Å². The van der Waals surface area contributed by atoms with E-state index in [0.29, 0.717) is 0 Å². The minimum absolute atomic E-state index is 0. The first-order valence-corrected chi connectivity index (χ1v) is 5.86. The maximum Gasteiger partial charge on any atom is 0.104 e. The molecule has 0 radical (unpaired) electrons. The summed E-state index contributed by atoms with van der Waals surface area (Å²) in [5.41, 5.74) is 4.48. The van der Waals surface area contributed by atoms with Crippen LogP contribution in [0.3, 0.4) is 0 Å². The van der Waals surface area contributed by atoms with Gasteiger partial charge in [-0.3, -0.25) is 0 Å². The number of benzene rings is 2. The Labute approximate surface area is 113 Å². The highest BCUT2D eigenvalue weighted by Gasteiger charge is 2.21. The van der Waals surface area contributed by atoms with Gasteiger partial charge in [-0.1, -0.05) is 54.6 Å². The molecule has 1 aliphatic heterocycles. The van der Waals surface area contributed by atoms with E-state index in [1.807, 2.05) is 0 Å². The van der Waals surface area contributed by atoms with E-state index in [0.717, 1.165) is 6.54 Å². The summed E-state index contributed by atoms with van der Waals surface area (Å²) >= 11 is 0. The molecule has 0 fully saturated rings. The minimum atomic E-state index is 0. The van der Waals surface area contributed by atoms with E-state index in [4.69, 9.17) is 0 Å². The lowest BCUT2D eigenvalue weighted by Crippen LogP contribution is -3.06. The highest BCUT2D eigenvalue weighted by atomic mass is 79.9. The lowest BCUT2D eigenvalue weighted by atomic mass is 10.1. The van der Waals surface area contributed by atoms with Crippen LogP contribution in [0.2, 0.25) is 0 Å². The summed E-state index contributed by atoms with van der Waals surface area (Å²) in [5.74, 6) is 0. The first kappa shape index (κ1) is 12.3. The second-order valence-electron chi connectivity index (χ2n) is 4.53. The van der Waals surface area contributed by atoms with Crippen molar-refractivity contribution in [2.24, 2.45) is 0 Å². The summed E-state index contributed by atoms with van der Waals surface area (Å²) in [4.78, 5) is 1.65. The smallest absolute Gasteiger partial charge is 0.104 e. The number of hydrogen-bond acceptors (Lipinski definition) is 0. The van der Waals surface area contributed by atoms with E-state index in [1.165, 1.54) is 29.8 Å². The van der Waals surface area contributed by atoms with Crippen LogP contribution in [0.5, 0.6) is 0 Å². The molecule has 2 aromatic carbocycles. The molecule has 0 aromatic heterocycles. The van der Waals surface area contributed by atoms with Gasteiger partial charge in [-0.25, -0.2) is 0 Å². The Bertz CT molecular complexity index is 456. The van der Waals surface area contributed by atoms with Gasteiger partial charge >= 0.3 is 0 Å². The van der Waals surface area contributed by atoms with Gasteiger partial charge in [0.05, 0.1) is 0 Å². The minimum Gasteiger partial charge on any atom is -1.00 e. The molecule has 17 heavy (non-hydrogen) atoms. The number of halogens is 1. The number of fused-ring (bicyclic) bond motifs is 1. The Morgan fingerprint density at radius 3 is 1.88 bits per heavy atom. The molecule has 0 spiro atoms. The predicted octanol–water partition coefficient (Wildman–Crippen LogP) is -1.21. The lowest BCUT2D eigenvalue weighted by molar-refractivity contribution is -0.934. The number of quaternary nitrogens is 1. The number of hydrogen-bond donors (Lipinski definition) is 1. The summed E-state index contributed by atoms with van der Waals surface area (Å²) in [5, 5.41) is 0. The van der Waals surface area contributed by atoms with Crippen LogP contribution in [0.1, 0.15) is 16.7 Å². The molecule has 0 saturated heterocycles. The highest BCUT2D eigenvalue weighted by Crippen LogP contribution is 2.11. The van der Waals surface area contributed by atoms with Gasteiger partial charge in [-0.05, 0) is 0 Å². The van der Waals surface area contributed by atoms with Crippen molar-refractivity contribution in [3.05, 3.63) is 71.3 Å². The average molecular weight is 290 g/mol. The van der Waals surface area contributed by atoms with Crippen molar-refractivity contribution < 1.29 is 21.9 Å². The van der Waals surface area contributed by atoms with Crippen LogP contribution in [-0.2, 0) is 19.6 Å². The van der Waals surface area contributed by atoms with Gasteiger partial charge < -0.3 is 21.9 Å². The second kappa shape index (κ2) is 5.48. The van der Waals surface area contributed by atoms with E-state index in [-0.39, 0.29) is 17.0 Å². The Morgan fingerprint density at radius 1 is 0.765 bits per heavy atom. The Morgan fingerprint density at radius 2 is 1.29 bits per heavy atom. The monoisotopic (exact) mass is 289 g/mol. The fourth-order valence-electron chi connectivity index (χ4n) is 2.51. The molecular formula is C15H16BrN. The van der Waals surface area contributed by atoms with Crippen LogP contribution >= 0.6 is 0 Å². The highest BCUT2D eigenvalue weighted by molar-refractivity contribution is 5.27. The van der Waals surface area contributed by atoms with E-state index >= 15 is 0 Å². The van der Waals surface area contributed by atoms with Crippen molar-refractivity contribution in [3.63, 3.8) is 0 Å². The average Bonchev–Trinajstić information content (AvgIpc) is 2.72. The third-order valence-corrected chi connectivity index (χ3v) is 3.30.